The number of fused-ring (bicyclic) bond motifs is 9. The topological polar surface area (TPSA) is 14.8 Å². The number of rotatable bonds is 8. The van der Waals surface area contributed by atoms with Gasteiger partial charge in [-0.2, -0.15) is 0 Å². The van der Waals surface area contributed by atoms with Crippen molar-refractivity contribution in [3.8, 4) is 72.7 Å². The fourth-order valence-electron chi connectivity index (χ4n) is 16.2. The smallest absolute Gasteiger partial charge is 0.0629 e. The van der Waals surface area contributed by atoms with Gasteiger partial charge in [-0.3, -0.25) is 0 Å². The quantitative estimate of drug-likeness (QED) is 0.144. The molecule has 14 aromatic carbocycles. The molecule has 3 aromatic heterocycles. The normalized spacial score (nSPS) is 14.9. The van der Waals surface area contributed by atoms with E-state index in [9.17, 15) is 0 Å². The maximum Gasteiger partial charge on any atom is 0.0629 e. The van der Waals surface area contributed by atoms with Crippen molar-refractivity contribution in [1.29, 1.82) is 0 Å². The Bertz CT molecular complexity index is 7400. The van der Waals surface area contributed by atoms with Gasteiger partial charge in [0, 0.05) is 49.4 Å². The van der Waals surface area contributed by atoms with Crippen LogP contribution in [0, 0.1) is 0 Å². The average Bonchev–Trinajstić information content (AvgIpc) is 1.56. The van der Waals surface area contributed by atoms with Gasteiger partial charge in [0.2, 0.25) is 0 Å². The van der Waals surface area contributed by atoms with E-state index in [1.165, 1.54) is 22.3 Å². The van der Waals surface area contributed by atoms with E-state index < -0.39 is 47.7 Å². The minimum Gasteiger partial charge on any atom is -0.309 e. The summed E-state index contributed by atoms with van der Waals surface area (Å²) in [4.78, 5) is 0. The third kappa shape index (κ3) is 14.3. The second-order valence-corrected chi connectivity index (χ2v) is 35.1. The molecule has 0 atom stereocenters. The number of para-hydroxylation sites is 3. The van der Waals surface area contributed by atoms with Crippen LogP contribution in [0.25, 0.3) is 138 Å². The zero-order valence-electron chi connectivity index (χ0n) is 86.9. The molecule has 0 spiro atoms. The van der Waals surface area contributed by atoms with E-state index >= 15 is 0 Å². The molecule has 0 amide bonds. The lowest BCUT2D eigenvalue weighted by molar-refractivity contribution is 0.535. The molecular weight excluding hydrogens is 1340 g/mol. The van der Waals surface area contributed by atoms with Crippen LogP contribution in [0.5, 0.6) is 0 Å². The Kier molecular flexibility index (Phi) is 14.2. The van der Waals surface area contributed by atoms with Crippen LogP contribution >= 0.6 is 0 Å². The molecule has 0 radical (unpaired) electrons. The lowest BCUT2D eigenvalue weighted by Crippen LogP contribution is -2.22. The van der Waals surface area contributed by atoms with Crippen LogP contribution < -0.4 is 0 Å². The van der Waals surface area contributed by atoms with Crippen molar-refractivity contribution in [1.82, 2.24) is 13.7 Å². The first-order chi connectivity index (χ1) is 61.2. The van der Waals surface area contributed by atoms with Crippen LogP contribution in [0.2, 0.25) is 0 Å². The van der Waals surface area contributed by atoms with Gasteiger partial charge in [-0.15, -0.1) is 0 Å². The van der Waals surface area contributed by atoms with Gasteiger partial charge in [-0.05, 0) is 194 Å². The first-order valence-corrected chi connectivity index (χ1v) is 38.2. The van der Waals surface area contributed by atoms with Gasteiger partial charge in [0.1, 0.15) is 0 Å². The lowest BCUT2D eigenvalue weighted by atomic mass is 9.73. The summed E-state index contributed by atoms with van der Waals surface area (Å²) in [6, 6.07) is 59.9. The van der Waals surface area contributed by atoms with Crippen molar-refractivity contribution >= 4 is 65.4 Å². The van der Waals surface area contributed by atoms with Gasteiger partial charge in [-0.25, -0.2) is 0 Å². The largest absolute Gasteiger partial charge is 0.309 e. The molecule has 0 N–H and O–H groups in total. The number of aromatic nitrogens is 3. The summed E-state index contributed by atoms with van der Waals surface area (Å²) < 4.78 is 177. The Morgan fingerprint density at radius 2 is 0.477 bits per heavy atom. The van der Waals surface area contributed by atoms with Crippen molar-refractivity contribution in [3.05, 3.63) is 354 Å². The molecule has 0 fully saturated rings. The second kappa shape index (κ2) is 29.1. The predicted molar refractivity (Wildman–Crippen MR) is 482 cm³/mol. The standard InChI is InChI=1S/C42H45N.C34H29N.C32H33N/c1-40(2,3)30-25-29(26-31(27-30)41(4,5)6)34-23-24-36-38(39(34)42(7,8)9)37-33(28-17-12-10-13-18-28)21-16-22-35(37)43(36)32-19-14-11-15-20-32;1-34(2,3)33-28(25-16-9-5-10-17-25)22-23-30-32(33)31-27(24-14-7-4-8-15-24)20-13-21-29(31)35(30)26-18-11-6-12-19-26;1-31(2,3)25-20-21-27-29(30(25)32(4,5)6)28-24(22-14-9-7-10-15-22)18-13-19-26(28)33(27)23-16-11-8-12-17-23/h10-27H,1-9H3;4-23H,1-3H3;7-21H,1-6H3/i10D,12D,13D,17D,18D;4D,5D,7D,8D,9D,10D,14D,15D,16D,17D;7D,9D,10D,14D,15D. The Morgan fingerprint density at radius 3 is 0.766 bits per heavy atom. The van der Waals surface area contributed by atoms with Gasteiger partial charge in [-0.1, -0.05) is 373 Å². The van der Waals surface area contributed by atoms with E-state index in [1.807, 2.05) is 128 Å². The van der Waals surface area contributed by atoms with Crippen molar-refractivity contribution in [3.63, 3.8) is 0 Å². The van der Waals surface area contributed by atoms with Gasteiger partial charge in [0.15, 0.2) is 0 Å². The number of nitrogens with zero attached hydrogens (tertiary/aromatic N) is 3. The summed E-state index contributed by atoms with van der Waals surface area (Å²) in [7, 11) is 0. The molecule has 111 heavy (non-hydrogen) atoms. The molecule has 3 nitrogen and oxygen atoms in total. The Labute approximate surface area is 687 Å². The van der Waals surface area contributed by atoms with Gasteiger partial charge in [0.25, 0.3) is 0 Å². The third-order valence-corrected chi connectivity index (χ3v) is 21.0. The van der Waals surface area contributed by atoms with Crippen LogP contribution in [-0.2, 0) is 32.5 Å². The van der Waals surface area contributed by atoms with Gasteiger partial charge in [0.05, 0.1) is 60.5 Å². The zero-order chi connectivity index (χ0) is 95.5. The summed E-state index contributed by atoms with van der Waals surface area (Å²) in [6.45, 7) is 39.5. The van der Waals surface area contributed by atoms with E-state index in [-0.39, 0.29) is 128 Å². The Morgan fingerprint density at radius 1 is 0.207 bits per heavy atom. The van der Waals surface area contributed by atoms with Crippen LogP contribution in [-0.4, -0.2) is 13.7 Å². The molecule has 17 aromatic rings. The first kappa shape index (κ1) is 54.2. The maximum atomic E-state index is 8.97. The van der Waals surface area contributed by atoms with E-state index in [0.29, 0.717) is 38.6 Å². The molecule has 0 saturated carbocycles. The SMILES string of the molecule is [2H]c1c([2H])c([2H])c(-c2ccc3c(c2C(C)(C)C)c2c(-c4c([2H])c([2H])c([2H])c([2H])c4[2H])cccc2n3-c2ccccc2)c([2H])c1[2H].[2H]c1c([2H])c([2H])c(-c2cccc3c2c2c(C(C)(C)C)c(-c4cc(C(C)(C)C)cc(C(C)(C)C)c4)ccc2n3-c2ccccc2)c([2H])c1[2H].[2H]c1c([2H])c([2H])c(-c2cccc3c2c2c(C(C)(C)C)c(C(C)(C)C)ccc2n3-c2ccccc2)c([2H])c1[2H]. The molecule has 554 valence electrons. The summed E-state index contributed by atoms with van der Waals surface area (Å²) >= 11 is 0. The monoisotopic (exact) mass is 1470 g/mol. The van der Waals surface area contributed by atoms with E-state index in [1.54, 1.807) is 18.2 Å². The molecule has 3 heterocycles. The third-order valence-electron chi connectivity index (χ3n) is 21.0. The molecule has 0 aliphatic carbocycles. The molecule has 0 aliphatic heterocycles. The summed E-state index contributed by atoms with van der Waals surface area (Å²) in [5.41, 5.74) is 18.7. The highest BCUT2D eigenvalue weighted by molar-refractivity contribution is 6.21. The molecule has 0 unspecified atom stereocenters. The molecule has 0 bridgehead atoms. The number of hydrogen-bond acceptors (Lipinski definition) is 0. The summed E-state index contributed by atoms with van der Waals surface area (Å²) in [6.07, 6.45) is 0. The van der Waals surface area contributed by atoms with E-state index in [2.05, 4.69) is 192 Å². The summed E-state index contributed by atoms with van der Waals surface area (Å²) in [5.74, 6) is 0. The molecule has 0 aliphatic rings. The van der Waals surface area contributed by atoms with Gasteiger partial charge >= 0.3 is 0 Å². The molecule has 17 rings (SSSR count). The molecular formula is C108H107N3. The summed E-state index contributed by atoms with van der Waals surface area (Å²) in [5, 5.41) is 5.21. The highest BCUT2D eigenvalue weighted by Crippen LogP contribution is 2.51. The van der Waals surface area contributed by atoms with Crippen LogP contribution in [0.3, 0.4) is 0 Å². The predicted octanol–water partition coefficient (Wildman–Crippen LogP) is 30.5. The van der Waals surface area contributed by atoms with Crippen molar-refractivity contribution in [2.75, 3.05) is 0 Å². The van der Waals surface area contributed by atoms with E-state index in [4.69, 9.17) is 27.4 Å². The zero-order valence-corrected chi connectivity index (χ0v) is 66.9. The minimum absolute atomic E-state index is 0.0560. The minimum atomic E-state index is -0.638. The fourth-order valence-corrected chi connectivity index (χ4v) is 16.2. The number of benzene rings is 14. The number of hydrogen-bond donors (Lipinski definition) is 0. The highest BCUT2D eigenvalue weighted by atomic mass is 15.0. The van der Waals surface area contributed by atoms with Crippen molar-refractivity contribution in [2.24, 2.45) is 0 Å². The average molecular weight is 1470 g/mol. The Balaban J connectivity index is 0.000000151. The Hall–Kier alpha value is -11.5. The van der Waals surface area contributed by atoms with Crippen LogP contribution in [0.1, 0.15) is 185 Å². The molecule has 0 saturated heterocycles. The lowest BCUT2D eigenvalue weighted by Gasteiger charge is -2.31. The van der Waals surface area contributed by atoms with E-state index in [0.717, 1.165) is 88.4 Å². The highest BCUT2D eigenvalue weighted by Gasteiger charge is 2.34. The van der Waals surface area contributed by atoms with Crippen molar-refractivity contribution in [2.45, 2.75) is 157 Å². The van der Waals surface area contributed by atoms with Crippen LogP contribution in [0.4, 0.5) is 0 Å². The first-order valence-electron chi connectivity index (χ1n) is 48.2. The maximum absolute atomic E-state index is 8.97. The van der Waals surface area contributed by atoms with Crippen LogP contribution in [0.15, 0.2) is 321 Å². The molecule has 3 heteroatoms. The fraction of sp³-hybridized carbons (Fsp3) is 0.222. The van der Waals surface area contributed by atoms with Gasteiger partial charge < -0.3 is 13.7 Å². The second-order valence-electron chi connectivity index (χ2n) is 35.1. The van der Waals surface area contributed by atoms with Crippen molar-refractivity contribution < 1.29 is 27.4 Å².